The van der Waals surface area contributed by atoms with Crippen LogP contribution >= 0.6 is 23.7 Å². The minimum Gasteiger partial charge on any atom is -0.495 e. The van der Waals surface area contributed by atoms with Gasteiger partial charge in [0, 0.05) is 43.3 Å². The molecule has 4 aromatic heterocycles. The molecule has 0 fully saturated rings. The van der Waals surface area contributed by atoms with E-state index in [1.807, 2.05) is 41.8 Å². The van der Waals surface area contributed by atoms with E-state index in [9.17, 15) is 0 Å². The summed E-state index contributed by atoms with van der Waals surface area (Å²) < 4.78 is 26.2. The molecule has 0 radical (unpaired) electrons. The van der Waals surface area contributed by atoms with Crippen molar-refractivity contribution < 1.29 is 9.13 Å². The van der Waals surface area contributed by atoms with Gasteiger partial charge in [0.25, 0.3) is 0 Å². The minimum atomic E-state index is -0.527. The number of aryl methyl sites for hydroxylation is 1. The quantitative estimate of drug-likeness (QED) is 0.259. The van der Waals surface area contributed by atoms with E-state index in [4.69, 9.17) is 26.3 Å². The zero-order valence-corrected chi connectivity index (χ0v) is 22.1. The number of hydrogen-bond acceptors (Lipinski definition) is 9. The maximum Gasteiger partial charge on any atom is 0.180 e. The molecule has 0 aliphatic carbocycles. The number of halogens is 2. The van der Waals surface area contributed by atoms with E-state index in [0.29, 0.717) is 34.2 Å². The zero-order chi connectivity index (χ0) is 26.1. The van der Waals surface area contributed by atoms with Gasteiger partial charge in [-0.25, -0.2) is 23.6 Å². The molecule has 1 aromatic carbocycles. The second-order valence-corrected chi connectivity index (χ2v) is 9.90. The third kappa shape index (κ3) is 5.08. The second kappa shape index (κ2) is 10.3. The molecule has 4 heterocycles. The lowest BCUT2D eigenvalue weighted by Gasteiger charge is -2.26. The van der Waals surface area contributed by atoms with Gasteiger partial charge in [-0.1, -0.05) is 11.6 Å². The summed E-state index contributed by atoms with van der Waals surface area (Å²) in [6.07, 6.45) is 8.75. The lowest BCUT2D eigenvalue weighted by Crippen LogP contribution is -2.22. The third-order valence-corrected chi connectivity index (χ3v) is 6.62. The van der Waals surface area contributed by atoms with E-state index in [2.05, 4.69) is 15.1 Å². The van der Waals surface area contributed by atoms with E-state index in [1.54, 1.807) is 40.3 Å². The van der Waals surface area contributed by atoms with Crippen LogP contribution in [0, 0.1) is 5.82 Å². The van der Waals surface area contributed by atoms with Gasteiger partial charge in [-0.05, 0) is 38.4 Å². The Morgan fingerprint density at radius 2 is 1.95 bits per heavy atom. The van der Waals surface area contributed by atoms with Crippen LogP contribution in [0.3, 0.4) is 0 Å². The van der Waals surface area contributed by atoms with Crippen LogP contribution in [0.15, 0.2) is 55.2 Å². The Morgan fingerprint density at radius 1 is 1.11 bits per heavy atom. The highest BCUT2D eigenvalue weighted by molar-refractivity contribution is 7.95. The molecule has 0 aliphatic rings. The second-order valence-electron chi connectivity index (χ2n) is 8.23. The molecule has 0 amide bonds. The summed E-state index contributed by atoms with van der Waals surface area (Å²) in [5, 5.41) is 4.33. The highest BCUT2D eigenvalue weighted by Crippen LogP contribution is 2.40. The van der Waals surface area contributed by atoms with Crippen LogP contribution in [0.1, 0.15) is 5.82 Å². The summed E-state index contributed by atoms with van der Waals surface area (Å²) in [4.78, 5) is 20.1. The number of imidazole rings is 1. The van der Waals surface area contributed by atoms with Gasteiger partial charge in [-0.15, -0.1) is 0 Å². The van der Waals surface area contributed by atoms with Crippen molar-refractivity contribution in [2.24, 2.45) is 7.05 Å². The Bertz CT molecular complexity index is 1570. The molecule has 37 heavy (non-hydrogen) atoms. The predicted octanol–water partition coefficient (Wildman–Crippen LogP) is 4.73. The highest BCUT2D eigenvalue weighted by Gasteiger charge is 2.24. The Labute approximate surface area is 222 Å². The number of methoxy groups -OCH3 is 1. The number of nitrogens with zero attached hydrogens (tertiary/aromatic N) is 9. The van der Waals surface area contributed by atoms with Crippen molar-refractivity contribution in [2.75, 3.05) is 26.1 Å². The van der Waals surface area contributed by atoms with Crippen molar-refractivity contribution in [3.05, 3.63) is 71.9 Å². The Kier molecular flexibility index (Phi) is 6.96. The summed E-state index contributed by atoms with van der Waals surface area (Å²) in [6, 6.07) is 6.34. The summed E-state index contributed by atoms with van der Waals surface area (Å²) >= 11 is 8.08. The SMILES string of the molecule is COc1ccc(F)c(N(Cc2nccn2SN(C)C)c2ccc3ncc(-c4cnn(C)c4)nc3n2)c1Cl. The fourth-order valence-electron chi connectivity index (χ4n) is 3.76. The molecule has 0 saturated carbocycles. The van der Waals surface area contributed by atoms with Crippen LogP contribution in [0.25, 0.3) is 22.4 Å². The Hall–Kier alpha value is -3.74. The average molecular weight is 540 g/mol. The van der Waals surface area contributed by atoms with Crippen molar-refractivity contribution in [1.82, 2.24) is 38.0 Å². The van der Waals surface area contributed by atoms with Crippen molar-refractivity contribution >= 4 is 46.4 Å². The summed E-state index contributed by atoms with van der Waals surface area (Å²) in [6.45, 7) is 0.172. The van der Waals surface area contributed by atoms with Gasteiger partial charge in [0.05, 0.1) is 31.7 Å². The average Bonchev–Trinajstić information content (AvgIpc) is 3.51. The molecule has 10 nitrogen and oxygen atoms in total. The number of hydrogen-bond donors (Lipinski definition) is 0. The molecule has 0 N–H and O–H groups in total. The van der Waals surface area contributed by atoms with Gasteiger partial charge in [0.2, 0.25) is 0 Å². The van der Waals surface area contributed by atoms with Crippen LogP contribution in [0.2, 0.25) is 5.02 Å². The predicted molar refractivity (Wildman–Crippen MR) is 142 cm³/mol. The maximum atomic E-state index is 15.4. The third-order valence-electron chi connectivity index (χ3n) is 5.42. The normalized spacial score (nSPS) is 11.4. The largest absolute Gasteiger partial charge is 0.495 e. The smallest absolute Gasteiger partial charge is 0.180 e. The van der Waals surface area contributed by atoms with Gasteiger partial charge >= 0.3 is 0 Å². The van der Waals surface area contributed by atoms with E-state index in [-0.39, 0.29) is 17.3 Å². The molecule has 5 aromatic rings. The van der Waals surface area contributed by atoms with Crippen molar-refractivity contribution in [3.8, 4) is 17.0 Å². The van der Waals surface area contributed by atoms with E-state index in [1.165, 1.54) is 31.4 Å². The van der Waals surface area contributed by atoms with Crippen molar-refractivity contribution in [2.45, 2.75) is 6.54 Å². The maximum absolute atomic E-state index is 15.4. The van der Waals surface area contributed by atoms with Crippen molar-refractivity contribution in [3.63, 3.8) is 0 Å². The fourth-order valence-corrected chi connectivity index (χ4v) is 4.75. The molecule has 0 spiro atoms. The summed E-state index contributed by atoms with van der Waals surface area (Å²) in [7, 11) is 7.16. The first-order valence-corrected chi connectivity index (χ1v) is 12.2. The number of fused-ring (bicyclic) bond motifs is 1. The van der Waals surface area contributed by atoms with Gasteiger partial charge in [-0.2, -0.15) is 5.10 Å². The molecule has 0 aliphatic heterocycles. The van der Waals surface area contributed by atoms with Gasteiger partial charge in [0.1, 0.15) is 39.4 Å². The highest BCUT2D eigenvalue weighted by atomic mass is 35.5. The van der Waals surface area contributed by atoms with Crippen LogP contribution in [0.5, 0.6) is 5.75 Å². The topological polar surface area (TPSA) is 90.0 Å². The molecular weight excluding hydrogens is 517 g/mol. The van der Waals surface area contributed by atoms with Gasteiger partial charge in [0.15, 0.2) is 5.65 Å². The number of ether oxygens (including phenoxy) is 1. The lowest BCUT2D eigenvalue weighted by atomic mass is 10.2. The molecule has 190 valence electrons. The molecule has 13 heteroatoms. The zero-order valence-electron chi connectivity index (χ0n) is 20.5. The van der Waals surface area contributed by atoms with Gasteiger partial charge in [-0.3, -0.25) is 13.6 Å². The number of rotatable bonds is 8. The van der Waals surface area contributed by atoms with Gasteiger partial charge < -0.3 is 9.64 Å². The number of pyridine rings is 1. The van der Waals surface area contributed by atoms with Crippen LogP contribution in [-0.2, 0) is 13.6 Å². The van der Waals surface area contributed by atoms with E-state index in [0.717, 1.165) is 5.56 Å². The number of aromatic nitrogens is 7. The molecule has 0 atom stereocenters. The summed E-state index contributed by atoms with van der Waals surface area (Å²) in [5.74, 6) is 0.896. The first kappa shape index (κ1) is 24.9. The molecule has 5 rings (SSSR count). The first-order chi connectivity index (χ1) is 17.8. The molecule has 0 unspecified atom stereocenters. The monoisotopic (exact) mass is 539 g/mol. The molecule has 0 saturated heterocycles. The molecular formula is C24H23ClFN9OS. The van der Waals surface area contributed by atoms with Crippen molar-refractivity contribution in [1.29, 1.82) is 0 Å². The first-order valence-electron chi connectivity index (χ1n) is 11.1. The lowest BCUT2D eigenvalue weighted by molar-refractivity contribution is 0.414. The van der Waals surface area contributed by atoms with E-state index >= 15 is 4.39 Å². The van der Waals surface area contributed by atoms with Crippen LogP contribution in [0.4, 0.5) is 15.9 Å². The van der Waals surface area contributed by atoms with Crippen LogP contribution in [-0.4, -0.2) is 59.2 Å². The fraction of sp³-hybridized carbons (Fsp3) is 0.208. The van der Waals surface area contributed by atoms with E-state index < -0.39 is 5.82 Å². The number of anilines is 2. The van der Waals surface area contributed by atoms with Crippen LogP contribution < -0.4 is 9.64 Å². The Morgan fingerprint density at radius 3 is 2.68 bits per heavy atom. The number of benzene rings is 1. The minimum absolute atomic E-state index is 0.119. The Balaban J connectivity index is 1.64. The summed E-state index contributed by atoms with van der Waals surface area (Å²) in [5.41, 5.74) is 2.55. The molecule has 0 bridgehead atoms. The standard InChI is InChI=1S/C24H23ClFN9OS/c1-32(2)37-35-10-9-27-21(35)14-34(23-16(26)5-7-19(36-4)22(23)25)20-8-6-17-24(31-20)30-18(12-28-17)15-11-29-33(3)13-15/h5-13H,14H2,1-4H3.